The lowest BCUT2D eigenvalue weighted by molar-refractivity contribution is 0.266. The van der Waals surface area contributed by atoms with Gasteiger partial charge in [-0.1, -0.05) is 24.3 Å². The van der Waals surface area contributed by atoms with Gasteiger partial charge in [-0.05, 0) is 36.4 Å². The molecule has 0 saturated heterocycles. The molecule has 0 aliphatic heterocycles. The molecule has 0 aliphatic rings. The first kappa shape index (κ1) is 12.2. The van der Waals surface area contributed by atoms with Crippen molar-refractivity contribution in [3.63, 3.8) is 0 Å². The van der Waals surface area contributed by atoms with Gasteiger partial charge in [-0.25, -0.2) is 0 Å². The first-order chi connectivity index (χ1) is 8.79. The van der Waals surface area contributed by atoms with Crippen molar-refractivity contribution in [1.29, 1.82) is 0 Å². The average molecular weight is 241 g/mol. The summed E-state index contributed by atoms with van der Waals surface area (Å²) < 4.78 is 5.65. The number of benzene rings is 2. The fourth-order valence-corrected chi connectivity index (χ4v) is 1.54. The maximum Gasteiger partial charge on any atom is 0.127 e. The number of hydroxylamine groups is 1. The minimum Gasteiger partial charge on any atom is -0.457 e. The number of hydrogen-bond acceptors (Lipinski definition) is 3. The number of ether oxygens (including phenoxy) is 1. The second-order valence-corrected chi connectivity index (χ2v) is 3.78. The normalized spacial score (nSPS) is 9.83. The van der Waals surface area contributed by atoms with Crippen LogP contribution in [0.5, 0.6) is 11.5 Å². The van der Waals surface area contributed by atoms with Crippen molar-refractivity contribution in [2.75, 3.05) is 11.6 Å². The molecule has 0 heterocycles. The molecular weight excluding hydrogens is 226 g/mol. The summed E-state index contributed by atoms with van der Waals surface area (Å²) >= 11 is 0. The van der Waals surface area contributed by atoms with Gasteiger partial charge in [-0.2, -0.15) is 0 Å². The molecule has 18 heavy (non-hydrogen) atoms. The molecule has 0 aromatic heterocycles. The standard InChI is InChI=1S/C15H15NO2/c1-2-12-16(17)13-8-10-15(11-9-13)18-14-6-4-3-5-7-14/h2-11,17H,1,12H2. The van der Waals surface area contributed by atoms with Crippen LogP contribution in [0.4, 0.5) is 5.69 Å². The van der Waals surface area contributed by atoms with E-state index >= 15 is 0 Å². The summed E-state index contributed by atoms with van der Waals surface area (Å²) in [6.07, 6.45) is 1.63. The van der Waals surface area contributed by atoms with Crippen LogP contribution >= 0.6 is 0 Å². The minimum absolute atomic E-state index is 0.388. The van der Waals surface area contributed by atoms with Crippen molar-refractivity contribution < 1.29 is 9.94 Å². The lowest BCUT2D eigenvalue weighted by Crippen LogP contribution is -2.17. The van der Waals surface area contributed by atoms with Crippen LogP contribution in [0.1, 0.15) is 0 Å². The molecule has 0 bridgehead atoms. The molecule has 0 amide bonds. The van der Waals surface area contributed by atoms with Crippen LogP contribution in [0.25, 0.3) is 0 Å². The molecule has 2 aromatic carbocycles. The topological polar surface area (TPSA) is 32.7 Å². The van der Waals surface area contributed by atoms with Crippen molar-refractivity contribution in [3.05, 3.63) is 67.3 Å². The van der Waals surface area contributed by atoms with E-state index in [-0.39, 0.29) is 0 Å². The van der Waals surface area contributed by atoms with E-state index in [0.29, 0.717) is 12.2 Å². The van der Waals surface area contributed by atoms with Crippen molar-refractivity contribution in [3.8, 4) is 11.5 Å². The van der Waals surface area contributed by atoms with E-state index in [1.165, 1.54) is 0 Å². The molecule has 2 rings (SSSR count). The molecular formula is C15H15NO2. The molecule has 1 N–H and O–H groups in total. The quantitative estimate of drug-likeness (QED) is 0.637. The molecule has 0 radical (unpaired) electrons. The Bertz CT molecular complexity index is 494. The summed E-state index contributed by atoms with van der Waals surface area (Å²) in [4.78, 5) is 0. The Morgan fingerprint density at radius 3 is 2.22 bits per heavy atom. The van der Waals surface area contributed by atoms with Crippen LogP contribution in [0, 0.1) is 0 Å². The Balaban J connectivity index is 2.06. The van der Waals surface area contributed by atoms with Crippen molar-refractivity contribution in [2.45, 2.75) is 0 Å². The van der Waals surface area contributed by atoms with Gasteiger partial charge >= 0.3 is 0 Å². The van der Waals surface area contributed by atoms with Crippen molar-refractivity contribution in [1.82, 2.24) is 0 Å². The van der Waals surface area contributed by atoms with E-state index in [9.17, 15) is 5.21 Å². The predicted molar refractivity (Wildman–Crippen MR) is 72.3 cm³/mol. The van der Waals surface area contributed by atoms with Crippen molar-refractivity contribution >= 4 is 5.69 Å². The minimum atomic E-state index is 0.388. The van der Waals surface area contributed by atoms with Gasteiger partial charge in [0.2, 0.25) is 0 Å². The summed E-state index contributed by atoms with van der Waals surface area (Å²) in [6.45, 7) is 3.96. The molecule has 3 heteroatoms. The molecule has 0 atom stereocenters. The van der Waals surface area contributed by atoms with Crippen LogP contribution in [0.15, 0.2) is 67.3 Å². The number of rotatable bonds is 5. The first-order valence-electron chi connectivity index (χ1n) is 5.70. The van der Waals surface area contributed by atoms with E-state index in [1.807, 2.05) is 42.5 Å². The third-order valence-corrected chi connectivity index (χ3v) is 2.42. The second-order valence-electron chi connectivity index (χ2n) is 3.78. The van der Waals surface area contributed by atoms with Gasteiger partial charge in [0.25, 0.3) is 0 Å². The third kappa shape index (κ3) is 3.12. The first-order valence-corrected chi connectivity index (χ1v) is 5.70. The molecule has 0 unspecified atom stereocenters. The van der Waals surface area contributed by atoms with E-state index in [2.05, 4.69) is 6.58 Å². The molecule has 0 spiro atoms. The number of hydrogen-bond donors (Lipinski definition) is 1. The van der Waals surface area contributed by atoms with Crippen molar-refractivity contribution in [2.24, 2.45) is 0 Å². The van der Waals surface area contributed by atoms with E-state index in [0.717, 1.165) is 16.6 Å². The van der Waals surface area contributed by atoms with Gasteiger partial charge in [0.15, 0.2) is 0 Å². The molecule has 3 nitrogen and oxygen atoms in total. The van der Waals surface area contributed by atoms with Gasteiger partial charge in [-0.3, -0.25) is 10.3 Å². The van der Waals surface area contributed by atoms with Gasteiger partial charge in [0, 0.05) is 0 Å². The highest BCUT2D eigenvalue weighted by Crippen LogP contribution is 2.23. The van der Waals surface area contributed by atoms with Crippen LogP contribution in [-0.4, -0.2) is 11.8 Å². The van der Waals surface area contributed by atoms with Crippen LogP contribution in [0.3, 0.4) is 0 Å². The van der Waals surface area contributed by atoms with Gasteiger partial charge in [-0.15, -0.1) is 6.58 Å². The SMILES string of the molecule is C=CCN(O)c1ccc(Oc2ccccc2)cc1. The Morgan fingerprint density at radius 1 is 1.00 bits per heavy atom. The third-order valence-electron chi connectivity index (χ3n) is 2.42. The lowest BCUT2D eigenvalue weighted by atomic mass is 10.3. The zero-order valence-corrected chi connectivity index (χ0v) is 9.99. The molecule has 0 fully saturated rings. The highest BCUT2D eigenvalue weighted by molar-refractivity contribution is 5.47. The van der Waals surface area contributed by atoms with E-state index < -0.39 is 0 Å². The largest absolute Gasteiger partial charge is 0.457 e. The summed E-state index contributed by atoms with van der Waals surface area (Å²) in [5, 5.41) is 10.7. The lowest BCUT2D eigenvalue weighted by Gasteiger charge is -2.15. The summed E-state index contributed by atoms with van der Waals surface area (Å²) in [5.41, 5.74) is 0.704. The summed E-state index contributed by atoms with van der Waals surface area (Å²) in [6, 6.07) is 16.8. The number of para-hydroxylation sites is 1. The maximum absolute atomic E-state index is 9.62. The van der Waals surface area contributed by atoms with Crippen LogP contribution in [0.2, 0.25) is 0 Å². The Morgan fingerprint density at radius 2 is 1.61 bits per heavy atom. The highest BCUT2D eigenvalue weighted by Gasteiger charge is 2.01. The molecule has 0 aliphatic carbocycles. The number of anilines is 1. The maximum atomic E-state index is 9.62. The van der Waals surface area contributed by atoms with Gasteiger partial charge in [0.1, 0.15) is 11.5 Å². The average Bonchev–Trinajstić information content (AvgIpc) is 2.41. The van der Waals surface area contributed by atoms with E-state index in [1.54, 1.807) is 18.2 Å². The van der Waals surface area contributed by atoms with Crippen LogP contribution < -0.4 is 9.80 Å². The summed E-state index contributed by atoms with van der Waals surface area (Å²) in [5.74, 6) is 1.52. The van der Waals surface area contributed by atoms with Crippen LogP contribution in [-0.2, 0) is 0 Å². The van der Waals surface area contributed by atoms with Gasteiger partial charge < -0.3 is 4.74 Å². The molecule has 2 aromatic rings. The monoisotopic (exact) mass is 241 g/mol. The van der Waals surface area contributed by atoms with Gasteiger partial charge in [0.05, 0.1) is 12.2 Å². The number of nitrogens with zero attached hydrogens (tertiary/aromatic N) is 1. The Kier molecular flexibility index (Phi) is 3.99. The molecule has 92 valence electrons. The van der Waals surface area contributed by atoms with E-state index in [4.69, 9.17) is 4.74 Å². The molecule has 0 saturated carbocycles. The second kappa shape index (κ2) is 5.89. The Labute approximate surface area is 107 Å². The zero-order valence-electron chi connectivity index (χ0n) is 9.99. The summed E-state index contributed by atoms with van der Waals surface area (Å²) in [7, 11) is 0. The highest BCUT2D eigenvalue weighted by atomic mass is 16.5. The zero-order chi connectivity index (χ0) is 12.8. The fraction of sp³-hybridized carbons (Fsp3) is 0.0667. The Hall–Kier alpha value is -2.26. The smallest absolute Gasteiger partial charge is 0.127 e. The predicted octanol–water partition coefficient (Wildman–Crippen LogP) is 3.86. The fourth-order valence-electron chi connectivity index (χ4n) is 1.54.